The number of rotatable bonds is 1. The van der Waals surface area contributed by atoms with E-state index < -0.39 is 5.60 Å². The van der Waals surface area contributed by atoms with Gasteiger partial charge in [-0.3, -0.25) is 19.4 Å². The number of imide groups is 1. The molecule has 1 aromatic rings. The first kappa shape index (κ1) is 16.5. The van der Waals surface area contributed by atoms with Crippen LogP contribution in [0.25, 0.3) is 0 Å². The summed E-state index contributed by atoms with van der Waals surface area (Å²) in [6.07, 6.45) is 0.977. The van der Waals surface area contributed by atoms with Gasteiger partial charge < -0.3 is 4.74 Å². The molecule has 128 valence electrons. The Morgan fingerprint density at radius 3 is 2.38 bits per heavy atom. The number of benzene rings is 1. The van der Waals surface area contributed by atoms with Crippen LogP contribution < -0.4 is 4.90 Å². The molecule has 2 heterocycles. The van der Waals surface area contributed by atoms with Crippen LogP contribution in [0.3, 0.4) is 0 Å². The lowest BCUT2D eigenvalue weighted by Gasteiger charge is -2.27. The average Bonchev–Trinajstić information content (AvgIpc) is 2.90. The fraction of sp³-hybridized carbons (Fsp3) is 0.500. The number of carbonyl (C=O) groups is 3. The fourth-order valence-corrected chi connectivity index (χ4v) is 3.09. The maximum absolute atomic E-state index is 12.3. The van der Waals surface area contributed by atoms with Gasteiger partial charge in [-0.1, -0.05) is 12.1 Å². The highest BCUT2D eigenvalue weighted by molar-refractivity contribution is 6.16. The van der Waals surface area contributed by atoms with Gasteiger partial charge >= 0.3 is 6.09 Å². The van der Waals surface area contributed by atoms with Crippen molar-refractivity contribution in [3.63, 3.8) is 0 Å². The van der Waals surface area contributed by atoms with E-state index in [-0.39, 0.29) is 17.9 Å². The molecule has 0 aliphatic carbocycles. The lowest BCUT2D eigenvalue weighted by atomic mass is 10.0. The average molecular weight is 330 g/mol. The predicted octanol–water partition coefficient (Wildman–Crippen LogP) is 2.98. The molecule has 0 spiro atoms. The molecule has 0 aromatic heterocycles. The van der Waals surface area contributed by atoms with E-state index >= 15 is 0 Å². The van der Waals surface area contributed by atoms with Crippen LogP contribution in [0, 0.1) is 0 Å². The second-order valence-corrected chi connectivity index (χ2v) is 7.23. The number of piperidine rings is 1. The number of hydrogen-bond acceptors (Lipinski definition) is 4. The van der Waals surface area contributed by atoms with E-state index in [9.17, 15) is 14.4 Å². The van der Waals surface area contributed by atoms with E-state index in [1.165, 1.54) is 4.90 Å². The Kier molecular flexibility index (Phi) is 4.07. The summed E-state index contributed by atoms with van der Waals surface area (Å²) in [5, 5.41) is 0. The van der Waals surface area contributed by atoms with Crippen molar-refractivity contribution in [3.8, 4) is 0 Å². The van der Waals surface area contributed by atoms with E-state index in [2.05, 4.69) is 0 Å². The molecule has 0 N–H and O–H groups in total. The summed E-state index contributed by atoms with van der Waals surface area (Å²) in [4.78, 5) is 39.6. The van der Waals surface area contributed by atoms with Crippen LogP contribution in [0.15, 0.2) is 18.2 Å². The normalized spacial score (nSPS) is 18.0. The molecule has 2 aliphatic rings. The van der Waals surface area contributed by atoms with Crippen molar-refractivity contribution < 1.29 is 19.1 Å². The van der Waals surface area contributed by atoms with Crippen molar-refractivity contribution in [2.24, 2.45) is 0 Å². The lowest BCUT2D eigenvalue weighted by molar-refractivity contribution is -0.129. The Balaban J connectivity index is 1.86. The highest BCUT2D eigenvalue weighted by Crippen LogP contribution is 2.34. The van der Waals surface area contributed by atoms with Gasteiger partial charge in [-0.2, -0.15) is 0 Å². The second-order valence-electron chi connectivity index (χ2n) is 7.23. The van der Waals surface area contributed by atoms with E-state index in [0.29, 0.717) is 38.0 Å². The quantitative estimate of drug-likeness (QED) is 0.743. The third kappa shape index (κ3) is 3.13. The molecule has 0 saturated carbocycles. The van der Waals surface area contributed by atoms with Gasteiger partial charge in [0.25, 0.3) is 0 Å². The third-order valence-electron chi connectivity index (χ3n) is 4.13. The molecule has 1 fully saturated rings. The van der Waals surface area contributed by atoms with Crippen molar-refractivity contribution in [1.29, 1.82) is 0 Å². The van der Waals surface area contributed by atoms with E-state index in [1.54, 1.807) is 11.0 Å². The van der Waals surface area contributed by atoms with Gasteiger partial charge in [-0.25, -0.2) is 4.79 Å². The van der Waals surface area contributed by atoms with Crippen LogP contribution in [0.2, 0.25) is 0 Å². The largest absolute Gasteiger partial charge is 0.444 e. The molecule has 2 aliphatic heterocycles. The zero-order valence-corrected chi connectivity index (χ0v) is 14.3. The third-order valence-corrected chi connectivity index (χ3v) is 4.13. The molecule has 3 rings (SSSR count). The summed E-state index contributed by atoms with van der Waals surface area (Å²) in [7, 11) is 0. The summed E-state index contributed by atoms with van der Waals surface area (Å²) in [5.74, 6) is -0.342. The highest BCUT2D eigenvalue weighted by atomic mass is 16.6. The van der Waals surface area contributed by atoms with Crippen LogP contribution in [0.4, 0.5) is 10.5 Å². The first-order valence-corrected chi connectivity index (χ1v) is 8.21. The van der Waals surface area contributed by atoms with Crippen LogP contribution in [-0.2, 0) is 27.4 Å². The molecule has 24 heavy (non-hydrogen) atoms. The van der Waals surface area contributed by atoms with Crippen LogP contribution in [0.5, 0.6) is 0 Å². The molecular formula is C18H22N2O4. The molecule has 6 heteroatoms. The van der Waals surface area contributed by atoms with E-state index in [1.807, 2.05) is 32.9 Å². The molecule has 6 nitrogen and oxygen atoms in total. The Morgan fingerprint density at radius 1 is 1.08 bits per heavy atom. The molecule has 1 aromatic carbocycles. The van der Waals surface area contributed by atoms with Gasteiger partial charge in [0.05, 0.1) is 12.2 Å². The molecule has 0 unspecified atom stereocenters. The summed E-state index contributed by atoms with van der Waals surface area (Å²) in [5.41, 5.74) is 1.85. The first-order valence-electron chi connectivity index (χ1n) is 8.21. The monoisotopic (exact) mass is 330 g/mol. The molecule has 0 radical (unpaired) electrons. The van der Waals surface area contributed by atoms with Gasteiger partial charge in [-0.05, 0) is 38.8 Å². The zero-order valence-electron chi connectivity index (χ0n) is 14.3. The van der Waals surface area contributed by atoms with Crippen LogP contribution in [0.1, 0.15) is 51.2 Å². The molecule has 3 amide bonds. The van der Waals surface area contributed by atoms with Crippen LogP contribution in [-0.4, -0.2) is 28.4 Å². The van der Waals surface area contributed by atoms with Crippen molar-refractivity contribution in [2.75, 3.05) is 4.90 Å². The van der Waals surface area contributed by atoms with Crippen molar-refractivity contribution >= 4 is 23.6 Å². The fourth-order valence-electron chi connectivity index (χ4n) is 3.09. The summed E-state index contributed by atoms with van der Waals surface area (Å²) >= 11 is 0. The molecule has 1 saturated heterocycles. The van der Waals surface area contributed by atoms with Crippen molar-refractivity contribution in [1.82, 2.24) is 4.90 Å². The zero-order chi connectivity index (χ0) is 17.5. The maximum Gasteiger partial charge on any atom is 0.410 e. The number of ether oxygens (including phenoxy) is 1. The Hall–Kier alpha value is -2.37. The number of hydrogen-bond donors (Lipinski definition) is 0. The minimum atomic E-state index is -0.562. The maximum atomic E-state index is 12.3. The van der Waals surface area contributed by atoms with Gasteiger partial charge in [0.2, 0.25) is 11.8 Å². The molecule has 0 atom stereocenters. The number of fused-ring (bicyclic) bond motifs is 1. The minimum absolute atomic E-state index is 0.171. The standard InChI is InChI=1S/C18H22N2O4/c1-18(2,3)24-17(23)19-10-12-6-4-7-14(13(12)11-19)20-15(21)8-5-9-16(20)22/h4,6-7H,5,8-11H2,1-3H3. The minimum Gasteiger partial charge on any atom is -0.444 e. The van der Waals surface area contributed by atoms with Gasteiger partial charge in [0.15, 0.2) is 0 Å². The Bertz CT molecular complexity index is 689. The summed E-state index contributed by atoms with van der Waals surface area (Å²) in [6.45, 7) is 6.24. The Labute approximate surface area is 141 Å². The van der Waals surface area contributed by atoms with Crippen LogP contribution >= 0.6 is 0 Å². The van der Waals surface area contributed by atoms with E-state index in [4.69, 9.17) is 4.74 Å². The molecule has 0 bridgehead atoms. The number of carbonyl (C=O) groups excluding carboxylic acids is 3. The number of anilines is 1. The second kappa shape index (κ2) is 5.92. The van der Waals surface area contributed by atoms with Gasteiger partial charge in [0, 0.05) is 24.9 Å². The summed E-state index contributed by atoms with van der Waals surface area (Å²) < 4.78 is 5.42. The van der Waals surface area contributed by atoms with Gasteiger partial charge in [-0.15, -0.1) is 0 Å². The number of nitrogens with zero attached hydrogens (tertiary/aromatic N) is 2. The van der Waals surface area contributed by atoms with E-state index in [0.717, 1.165) is 11.1 Å². The van der Waals surface area contributed by atoms with Crippen molar-refractivity contribution in [3.05, 3.63) is 29.3 Å². The predicted molar refractivity (Wildman–Crippen MR) is 88.3 cm³/mol. The Morgan fingerprint density at radius 2 is 1.75 bits per heavy atom. The smallest absolute Gasteiger partial charge is 0.410 e. The number of amides is 3. The first-order chi connectivity index (χ1) is 11.3. The topological polar surface area (TPSA) is 66.9 Å². The van der Waals surface area contributed by atoms with Gasteiger partial charge in [0.1, 0.15) is 5.60 Å². The SMILES string of the molecule is CC(C)(C)OC(=O)N1Cc2cccc(N3C(=O)CCCC3=O)c2C1. The molecular weight excluding hydrogens is 308 g/mol. The summed E-state index contributed by atoms with van der Waals surface area (Å²) in [6, 6.07) is 5.52. The lowest BCUT2D eigenvalue weighted by Crippen LogP contribution is -2.40. The van der Waals surface area contributed by atoms with Crippen molar-refractivity contribution in [2.45, 2.75) is 58.7 Å². The highest BCUT2D eigenvalue weighted by Gasteiger charge is 2.34.